The van der Waals surface area contributed by atoms with Gasteiger partial charge in [-0.25, -0.2) is 9.59 Å². The minimum atomic E-state index is -0.579. The summed E-state index contributed by atoms with van der Waals surface area (Å²) in [6.07, 6.45) is 3.47. The molecule has 1 N–H and O–H groups in total. The van der Waals surface area contributed by atoms with E-state index < -0.39 is 6.04 Å². The molecule has 0 bridgehead atoms. The highest BCUT2D eigenvalue weighted by molar-refractivity contribution is 5.95. The van der Waals surface area contributed by atoms with E-state index in [1.165, 1.54) is 6.42 Å². The molecule has 2 atom stereocenters. The van der Waals surface area contributed by atoms with Gasteiger partial charge in [0.25, 0.3) is 0 Å². The highest BCUT2D eigenvalue weighted by atomic mass is 16.5. The zero-order chi connectivity index (χ0) is 21.7. The molecule has 0 radical (unpaired) electrons. The molecular formula is C23H33N3O4. The van der Waals surface area contributed by atoms with Crippen LogP contribution in [0.3, 0.4) is 0 Å². The van der Waals surface area contributed by atoms with Crippen LogP contribution in [0.2, 0.25) is 0 Å². The number of likely N-dealkylation sites (N-methyl/N-ethyl adjacent to an activating group) is 1. The summed E-state index contributed by atoms with van der Waals surface area (Å²) in [6.45, 7) is 8.21. The van der Waals surface area contributed by atoms with E-state index in [0.29, 0.717) is 30.5 Å². The number of nitrogens with one attached hydrogen (secondary N) is 1. The number of methoxy groups -OCH3 is 1. The third-order valence-electron chi connectivity index (χ3n) is 5.97. The Morgan fingerprint density at radius 2 is 2.07 bits per heavy atom. The molecule has 2 heterocycles. The number of carbonyl (C=O) groups is 2. The average molecular weight is 416 g/mol. The third kappa shape index (κ3) is 4.61. The van der Waals surface area contributed by atoms with Crippen LogP contribution in [0.15, 0.2) is 35.5 Å². The smallest absolute Gasteiger partial charge is 0.338 e. The van der Waals surface area contributed by atoms with Gasteiger partial charge in [0, 0.05) is 24.8 Å². The van der Waals surface area contributed by atoms with Gasteiger partial charge in [-0.3, -0.25) is 9.80 Å². The van der Waals surface area contributed by atoms with Crippen molar-refractivity contribution in [3.05, 3.63) is 41.1 Å². The summed E-state index contributed by atoms with van der Waals surface area (Å²) in [5.74, 6) is 0.289. The van der Waals surface area contributed by atoms with E-state index in [0.717, 1.165) is 30.6 Å². The molecule has 7 nitrogen and oxygen atoms in total. The number of esters is 1. The van der Waals surface area contributed by atoms with Crippen molar-refractivity contribution in [1.82, 2.24) is 15.1 Å². The molecule has 1 aromatic carbocycles. The van der Waals surface area contributed by atoms with Crippen molar-refractivity contribution >= 4 is 12.0 Å². The van der Waals surface area contributed by atoms with Crippen LogP contribution >= 0.6 is 0 Å². The Kier molecular flexibility index (Phi) is 7.37. The Labute approximate surface area is 179 Å². The van der Waals surface area contributed by atoms with Gasteiger partial charge in [0.15, 0.2) is 0 Å². The lowest BCUT2D eigenvalue weighted by Gasteiger charge is -2.40. The molecule has 2 amide bonds. The van der Waals surface area contributed by atoms with Crippen LogP contribution in [0.5, 0.6) is 5.75 Å². The zero-order valence-corrected chi connectivity index (χ0v) is 18.4. The molecule has 7 heteroatoms. The molecule has 0 spiro atoms. The van der Waals surface area contributed by atoms with Crippen LogP contribution in [0.25, 0.3) is 0 Å². The standard InChI is InChI=1S/C23H33N3O4/c1-5-26-19(15-25-13-8-7-10-16(25)3)20(22(27)30-6-2)21(24-23(26)28)17-11-9-12-18(14-17)29-4/h9,11-12,14,16,21H,5-8,10,13,15H2,1-4H3,(H,24,28)/t16-,21+/m0/s1. The number of benzene rings is 1. The fraction of sp³-hybridized carbons (Fsp3) is 0.565. The quantitative estimate of drug-likeness (QED) is 0.691. The largest absolute Gasteiger partial charge is 0.497 e. The third-order valence-corrected chi connectivity index (χ3v) is 5.97. The van der Waals surface area contributed by atoms with Crippen molar-refractivity contribution in [2.24, 2.45) is 0 Å². The van der Waals surface area contributed by atoms with Gasteiger partial charge in [-0.15, -0.1) is 0 Å². The molecule has 2 aliphatic heterocycles. The van der Waals surface area contributed by atoms with Gasteiger partial charge in [0.2, 0.25) is 0 Å². The summed E-state index contributed by atoms with van der Waals surface area (Å²) in [6, 6.07) is 7.09. The molecule has 1 fully saturated rings. The Morgan fingerprint density at radius 3 is 2.73 bits per heavy atom. The number of nitrogens with zero attached hydrogens (tertiary/aromatic N) is 2. The lowest BCUT2D eigenvalue weighted by molar-refractivity contribution is -0.139. The maximum atomic E-state index is 13.1. The van der Waals surface area contributed by atoms with Crippen LogP contribution in [-0.2, 0) is 9.53 Å². The number of amides is 2. The molecule has 0 aromatic heterocycles. The normalized spacial score (nSPS) is 22.7. The van der Waals surface area contributed by atoms with E-state index in [-0.39, 0.29) is 18.6 Å². The molecule has 30 heavy (non-hydrogen) atoms. The van der Waals surface area contributed by atoms with Crippen LogP contribution in [0.1, 0.15) is 51.6 Å². The number of piperidine rings is 1. The Morgan fingerprint density at radius 1 is 1.27 bits per heavy atom. The van der Waals surface area contributed by atoms with Gasteiger partial charge in [-0.1, -0.05) is 18.6 Å². The monoisotopic (exact) mass is 415 g/mol. The summed E-state index contributed by atoms with van der Waals surface area (Å²) < 4.78 is 10.8. The van der Waals surface area contributed by atoms with Crippen LogP contribution < -0.4 is 10.1 Å². The Bertz CT molecular complexity index is 807. The summed E-state index contributed by atoms with van der Waals surface area (Å²) in [4.78, 5) is 30.2. The number of urea groups is 1. The predicted octanol–water partition coefficient (Wildman–Crippen LogP) is 3.47. The molecule has 0 saturated carbocycles. The van der Waals surface area contributed by atoms with E-state index in [1.54, 1.807) is 18.9 Å². The maximum Gasteiger partial charge on any atom is 0.338 e. The van der Waals surface area contributed by atoms with Crippen molar-refractivity contribution in [3.63, 3.8) is 0 Å². The molecule has 3 rings (SSSR count). The fourth-order valence-corrected chi connectivity index (χ4v) is 4.31. The lowest BCUT2D eigenvalue weighted by atomic mass is 9.93. The number of likely N-dealkylation sites (tertiary alicyclic amines) is 1. The van der Waals surface area contributed by atoms with Crippen LogP contribution in [0.4, 0.5) is 4.79 Å². The minimum absolute atomic E-state index is 0.196. The van der Waals surface area contributed by atoms with Crippen molar-refractivity contribution in [3.8, 4) is 5.75 Å². The highest BCUT2D eigenvalue weighted by Crippen LogP contribution is 2.34. The molecule has 0 unspecified atom stereocenters. The van der Waals surface area contributed by atoms with Gasteiger partial charge in [0.05, 0.1) is 25.3 Å². The van der Waals surface area contributed by atoms with Crippen molar-refractivity contribution in [2.75, 3.05) is 33.4 Å². The van der Waals surface area contributed by atoms with Gasteiger partial charge in [0.1, 0.15) is 5.75 Å². The number of carbonyl (C=O) groups excluding carboxylic acids is 2. The van der Waals surface area contributed by atoms with E-state index >= 15 is 0 Å². The van der Waals surface area contributed by atoms with E-state index in [4.69, 9.17) is 9.47 Å². The average Bonchev–Trinajstić information content (AvgIpc) is 2.75. The first-order valence-electron chi connectivity index (χ1n) is 10.9. The molecule has 1 aromatic rings. The van der Waals surface area contributed by atoms with E-state index in [2.05, 4.69) is 17.1 Å². The van der Waals surface area contributed by atoms with E-state index in [1.807, 2.05) is 31.2 Å². The van der Waals surface area contributed by atoms with Crippen molar-refractivity contribution < 1.29 is 19.1 Å². The number of hydrogen-bond donors (Lipinski definition) is 1. The predicted molar refractivity (Wildman–Crippen MR) is 115 cm³/mol. The van der Waals surface area contributed by atoms with Gasteiger partial charge >= 0.3 is 12.0 Å². The molecule has 1 saturated heterocycles. The second kappa shape index (κ2) is 9.98. The van der Waals surface area contributed by atoms with Crippen molar-refractivity contribution in [2.45, 2.75) is 52.1 Å². The van der Waals surface area contributed by atoms with Crippen LogP contribution in [-0.4, -0.2) is 61.2 Å². The zero-order valence-electron chi connectivity index (χ0n) is 18.4. The van der Waals surface area contributed by atoms with Gasteiger partial charge in [-0.05, 0) is 57.9 Å². The number of hydrogen-bond acceptors (Lipinski definition) is 5. The first-order valence-corrected chi connectivity index (χ1v) is 10.9. The minimum Gasteiger partial charge on any atom is -0.497 e. The first kappa shape index (κ1) is 22.2. The molecule has 164 valence electrons. The summed E-state index contributed by atoms with van der Waals surface area (Å²) >= 11 is 0. The Hall–Kier alpha value is -2.54. The summed E-state index contributed by atoms with van der Waals surface area (Å²) in [7, 11) is 1.60. The van der Waals surface area contributed by atoms with Gasteiger partial charge < -0.3 is 14.8 Å². The molecule has 0 aliphatic carbocycles. The second-order valence-electron chi connectivity index (χ2n) is 7.80. The lowest BCUT2D eigenvalue weighted by Crippen LogP contribution is -2.52. The summed E-state index contributed by atoms with van der Waals surface area (Å²) in [5, 5.41) is 3.01. The van der Waals surface area contributed by atoms with Crippen molar-refractivity contribution in [1.29, 1.82) is 0 Å². The molecular weight excluding hydrogens is 382 g/mol. The first-order chi connectivity index (χ1) is 14.5. The second-order valence-corrected chi connectivity index (χ2v) is 7.80. The topological polar surface area (TPSA) is 71.1 Å². The number of rotatable bonds is 7. The van der Waals surface area contributed by atoms with E-state index in [9.17, 15) is 9.59 Å². The number of ether oxygens (including phenoxy) is 2. The Balaban J connectivity index is 2.10. The maximum absolute atomic E-state index is 13.1. The summed E-state index contributed by atoms with van der Waals surface area (Å²) in [5.41, 5.74) is 2.04. The van der Waals surface area contributed by atoms with Gasteiger partial charge in [-0.2, -0.15) is 0 Å². The van der Waals surface area contributed by atoms with Crippen LogP contribution in [0, 0.1) is 0 Å². The highest BCUT2D eigenvalue weighted by Gasteiger charge is 2.38. The SMILES string of the molecule is CCOC(=O)C1=C(CN2CCCC[C@@H]2C)N(CC)C(=O)N[C@@H]1c1cccc(OC)c1. The fourth-order valence-electron chi connectivity index (χ4n) is 4.31. The molecule has 2 aliphatic rings.